The minimum atomic E-state index is -1.23. The Morgan fingerprint density at radius 1 is 1.16 bits per heavy atom. The molecular formula is C23H27FN4O3. The van der Waals surface area contributed by atoms with Crippen LogP contribution >= 0.6 is 0 Å². The number of halogens is 1. The number of fused-ring (bicyclic) bond motifs is 1. The van der Waals surface area contributed by atoms with E-state index in [1.165, 1.54) is 11.0 Å². The fourth-order valence-electron chi connectivity index (χ4n) is 3.35. The molecule has 1 unspecified atom stereocenters. The minimum absolute atomic E-state index is 0.252. The van der Waals surface area contributed by atoms with E-state index in [2.05, 4.69) is 15.6 Å². The third-order valence-corrected chi connectivity index (χ3v) is 4.86. The molecule has 3 rings (SSSR count). The standard InChI is InChI=1S/C23H27FN4O3/c1-5-31-14-23(2,3)27-22(30)26-20-21(29)28(4)18-13-9-7-11-16(18)19(25-20)15-10-6-8-12-17(15)24/h6-13,20H,5,14H2,1-4H3,(H2,26,27,30). The lowest BCUT2D eigenvalue weighted by Gasteiger charge is -2.27. The van der Waals surface area contributed by atoms with Gasteiger partial charge in [0, 0.05) is 24.8 Å². The predicted molar refractivity (Wildman–Crippen MR) is 118 cm³/mol. The third kappa shape index (κ3) is 5.08. The van der Waals surface area contributed by atoms with Crippen molar-refractivity contribution in [1.29, 1.82) is 0 Å². The average molecular weight is 426 g/mol. The van der Waals surface area contributed by atoms with Gasteiger partial charge in [-0.1, -0.05) is 30.3 Å². The SMILES string of the molecule is CCOCC(C)(C)NC(=O)NC1N=C(c2ccccc2F)c2ccccc2N(C)C1=O. The number of benzodiazepines with no additional fused rings is 1. The first-order valence-electron chi connectivity index (χ1n) is 10.1. The molecule has 2 N–H and O–H groups in total. The molecule has 1 aliphatic heterocycles. The average Bonchev–Trinajstić information content (AvgIpc) is 2.83. The number of carbonyl (C=O) groups is 2. The van der Waals surface area contributed by atoms with Crippen molar-refractivity contribution in [1.82, 2.24) is 10.6 Å². The summed E-state index contributed by atoms with van der Waals surface area (Å²) in [5.41, 5.74) is 1.08. The van der Waals surface area contributed by atoms with Gasteiger partial charge >= 0.3 is 6.03 Å². The maximum absolute atomic E-state index is 14.6. The maximum atomic E-state index is 14.6. The van der Waals surface area contributed by atoms with Crippen molar-refractivity contribution in [2.24, 2.45) is 4.99 Å². The highest BCUT2D eigenvalue weighted by Crippen LogP contribution is 2.28. The number of nitrogens with zero attached hydrogens (tertiary/aromatic N) is 2. The monoisotopic (exact) mass is 426 g/mol. The summed E-state index contributed by atoms with van der Waals surface area (Å²) in [7, 11) is 1.60. The number of para-hydroxylation sites is 1. The van der Waals surface area contributed by atoms with Crippen molar-refractivity contribution in [3.8, 4) is 0 Å². The molecule has 0 fully saturated rings. The summed E-state index contributed by atoms with van der Waals surface area (Å²) in [5.74, 6) is -0.898. The van der Waals surface area contributed by atoms with Crippen LogP contribution < -0.4 is 15.5 Å². The van der Waals surface area contributed by atoms with Gasteiger partial charge in [0.25, 0.3) is 5.91 Å². The van der Waals surface area contributed by atoms with Gasteiger partial charge in [-0.15, -0.1) is 0 Å². The van der Waals surface area contributed by atoms with E-state index in [0.717, 1.165) is 0 Å². The van der Waals surface area contributed by atoms with Gasteiger partial charge in [0.1, 0.15) is 5.82 Å². The van der Waals surface area contributed by atoms with Crippen LogP contribution in [0.1, 0.15) is 31.9 Å². The Bertz CT molecular complexity index is 1010. The van der Waals surface area contributed by atoms with Gasteiger partial charge < -0.3 is 20.3 Å². The van der Waals surface area contributed by atoms with Gasteiger partial charge in [-0.3, -0.25) is 4.79 Å². The number of amides is 3. The quantitative estimate of drug-likeness (QED) is 0.745. The van der Waals surface area contributed by atoms with E-state index in [-0.39, 0.29) is 5.56 Å². The van der Waals surface area contributed by atoms with E-state index in [1.54, 1.807) is 49.5 Å². The van der Waals surface area contributed by atoms with E-state index in [1.807, 2.05) is 20.8 Å². The smallest absolute Gasteiger partial charge is 0.317 e. The predicted octanol–water partition coefficient (Wildman–Crippen LogP) is 3.08. The van der Waals surface area contributed by atoms with Crippen LogP contribution in [0.15, 0.2) is 53.5 Å². The van der Waals surface area contributed by atoms with Crippen LogP contribution in [0.5, 0.6) is 0 Å². The summed E-state index contributed by atoms with van der Waals surface area (Å²) in [5, 5.41) is 5.41. The number of likely N-dealkylation sites (N-methyl/N-ethyl adjacent to an activating group) is 1. The van der Waals surface area contributed by atoms with Crippen LogP contribution in [-0.2, 0) is 9.53 Å². The summed E-state index contributed by atoms with van der Waals surface area (Å²) >= 11 is 0. The number of benzene rings is 2. The van der Waals surface area contributed by atoms with Gasteiger partial charge in [-0.25, -0.2) is 14.2 Å². The lowest BCUT2D eigenvalue weighted by atomic mass is 10.00. The Hall–Kier alpha value is -3.26. The number of ether oxygens (including phenoxy) is 1. The first-order valence-corrected chi connectivity index (χ1v) is 10.1. The van der Waals surface area contributed by atoms with Gasteiger partial charge in [-0.2, -0.15) is 0 Å². The highest BCUT2D eigenvalue weighted by molar-refractivity contribution is 6.20. The number of aliphatic imine (C=N–C) groups is 1. The van der Waals surface area contributed by atoms with Crippen molar-refractivity contribution < 1.29 is 18.7 Å². The Morgan fingerprint density at radius 3 is 2.48 bits per heavy atom. The van der Waals surface area contributed by atoms with Gasteiger partial charge in [0.05, 0.1) is 23.5 Å². The second kappa shape index (κ2) is 9.26. The molecule has 1 atom stereocenters. The highest BCUT2D eigenvalue weighted by atomic mass is 19.1. The minimum Gasteiger partial charge on any atom is -0.379 e. The van der Waals surface area contributed by atoms with Gasteiger partial charge in [-0.05, 0) is 39.0 Å². The van der Waals surface area contributed by atoms with Crippen molar-refractivity contribution in [3.63, 3.8) is 0 Å². The van der Waals surface area contributed by atoms with Crippen molar-refractivity contribution >= 4 is 23.3 Å². The zero-order valence-electron chi connectivity index (χ0n) is 18.1. The van der Waals surface area contributed by atoms with E-state index in [0.29, 0.717) is 30.2 Å². The van der Waals surface area contributed by atoms with Gasteiger partial charge in [0.2, 0.25) is 6.17 Å². The first kappa shape index (κ1) is 22.4. The van der Waals surface area contributed by atoms with E-state index < -0.39 is 29.5 Å². The maximum Gasteiger partial charge on any atom is 0.317 e. The second-order valence-corrected chi connectivity index (χ2v) is 7.89. The topological polar surface area (TPSA) is 83.0 Å². The van der Waals surface area contributed by atoms with Crippen LogP contribution in [0.25, 0.3) is 0 Å². The molecule has 0 saturated carbocycles. The van der Waals surface area contributed by atoms with Crippen molar-refractivity contribution in [2.75, 3.05) is 25.2 Å². The van der Waals surface area contributed by atoms with E-state index >= 15 is 0 Å². The van der Waals surface area contributed by atoms with Crippen molar-refractivity contribution in [3.05, 3.63) is 65.5 Å². The second-order valence-electron chi connectivity index (χ2n) is 7.89. The molecule has 0 aromatic heterocycles. The van der Waals surface area contributed by atoms with Crippen LogP contribution in [-0.4, -0.2) is 49.6 Å². The largest absolute Gasteiger partial charge is 0.379 e. The van der Waals surface area contributed by atoms with Crippen molar-refractivity contribution in [2.45, 2.75) is 32.5 Å². The number of nitrogens with one attached hydrogen (secondary N) is 2. The summed E-state index contributed by atoms with van der Waals surface area (Å²) in [6.07, 6.45) is -1.23. The summed E-state index contributed by atoms with van der Waals surface area (Å²) in [4.78, 5) is 31.7. The number of urea groups is 1. The van der Waals surface area contributed by atoms with Crippen LogP contribution in [0.3, 0.4) is 0 Å². The molecule has 0 saturated heterocycles. The fraction of sp³-hybridized carbons (Fsp3) is 0.348. The molecule has 0 bridgehead atoms. The zero-order chi connectivity index (χ0) is 22.6. The highest BCUT2D eigenvalue weighted by Gasteiger charge is 2.32. The number of hydrogen-bond donors (Lipinski definition) is 2. The molecule has 8 heteroatoms. The molecule has 0 aliphatic carbocycles. The molecule has 0 radical (unpaired) electrons. The summed E-state index contributed by atoms with van der Waals surface area (Å²) < 4.78 is 20.0. The molecule has 3 amide bonds. The Labute approximate surface area is 181 Å². The molecule has 1 heterocycles. The van der Waals surface area contributed by atoms with Crippen LogP contribution in [0.2, 0.25) is 0 Å². The Kier molecular flexibility index (Phi) is 6.70. The molecule has 164 valence electrons. The normalized spacial score (nSPS) is 16.3. The van der Waals surface area contributed by atoms with Crippen LogP contribution in [0.4, 0.5) is 14.9 Å². The lowest BCUT2D eigenvalue weighted by Crippen LogP contribution is -2.55. The third-order valence-electron chi connectivity index (χ3n) is 4.86. The summed E-state index contributed by atoms with van der Waals surface area (Å²) in [6.45, 7) is 6.32. The number of anilines is 1. The zero-order valence-corrected chi connectivity index (χ0v) is 18.1. The lowest BCUT2D eigenvalue weighted by molar-refractivity contribution is -0.119. The fourth-order valence-corrected chi connectivity index (χ4v) is 3.35. The summed E-state index contributed by atoms with van der Waals surface area (Å²) in [6, 6.07) is 12.8. The molecule has 2 aromatic rings. The molecule has 1 aliphatic rings. The Balaban J connectivity index is 1.97. The molecule has 31 heavy (non-hydrogen) atoms. The molecule has 0 spiro atoms. The van der Waals surface area contributed by atoms with E-state index in [9.17, 15) is 14.0 Å². The first-order chi connectivity index (χ1) is 14.7. The number of rotatable bonds is 6. The molecule has 2 aromatic carbocycles. The van der Waals surface area contributed by atoms with E-state index in [4.69, 9.17) is 4.74 Å². The van der Waals surface area contributed by atoms with Crippen LogP contribution in [0, 0.1) is 5.82 Å². The number of carbonyl (C=O) groups excluding carboxylic acids is 2. The van der Waals surface area contributed by atoms with Gasteiger partial charge in [0.15, 0.2) is 0 Å². The number of hydrogen-bond acceptors (Lipinski definition) is 4. The molecule has 7 nitrogen and oxygen atoms in total. The Morgan fingerprint density at radius 2 is 1.81 bits per heavy atom. The molecular weight excluding hydrogens is 399 g/mol.